The second-order valence-corrected chi connectivity index (χ2v) is 10.8. The molecule has 3 amide bonds. The first-order valence-corrected chi connectivity index (χ1v) is 13.5. The zero-order valence-corrected chi connectivity index (χ0v) is 24.0. The molecule has 1 fully saturated rings. The van der Waals surface area contributed by atoms with Crippen molar-refractivity contribution >= 4 is 68.1 Å². The average Bonchev–Trinajstić information content (AvgIpc) is 3.13. The van der Waals surface area contributed by atoms with Crippen LogP contribution in [-0.4, -0.2) is 35.7 Å². The maximum Gasteiger partial charge on any atom is 0.293 e. The number of imide groups is 1. The number of hydrogen-bond acceptors (Lipinski definition) is 6. The molecular formula is C28H24BrClN2O5S. The summed E-state index contributed by atoms with van der Waals surface area (Å²) in [6.07, 6.45) is 1.62. The first-order chi connectivity index (χ1) is 18.1. The Morgan fingerprint density at radius 1 is 1.08 bits per heavy atom. The molecule has 0 unspecified atom stereocenters. The Kier molecular flexibility index (Phi) is 8.81. The fourth-order valence-corrected chi connectivity index (χ4v) is 5.31. The van der Waals surface area contributed by atoms with E-state index in [1.165, 1.54) is 12.0 Å². The van der Waals surface area contributed by atoms with Crippen molar-refractivity contribution in [3.63, 3.8) is 0 Å². The van der Waals surface area contributed by atoms with Crippen LogP contribution in [-0.2, 0) is 16.1 Å². The summed E-state index contributed by atoms with van der Waals surface area (Å²) in [5.74, 6) is 0.0481. The molecule has 0 saturated carbocycles. The number of carbonyl (C=O) groups is 3. The molecule has 196 valence electrons. The largest absolute Gasteiger partial charge is 0.493 e. The van der Waals surface area contributed by atoms with Gasteiger partial charge in [-0.3, -0.25) is 19.3 Å². The van der Waals surface area contributed by atoms with E-state index in [0.29, 0.717) is 32.7 Å². The van der Waals surface area contributed by atoms with Crippen LogP contribution in [0, 0.1) is 13.8 Å². The van der Waals surface area contributed by atoms with Crippen molar-refractivity contribution in [1.82, 2.24) is 4.90 Å². The van der Waals surface area contributed by atoms with Crippen LogP contribution in [0.5, 0.6) is 11.5 Å². The van der Waals surface area contributed by atoms with Crippen molar-refractivity contribution in [2.24, 2.45) is 0 Å². The van der Waals surface area contributed by atoms with E-state index < -0.39 is 0 Å². The number of rotatable bonds is 8. The highest BCUT2D eigenvalue weighted by molar-refractivity contribution is 9.10. The lowest BCUT2D eigenvalue weighted by Crippen LogP contribution is -2.27. The van der Waals surface area contributed by atoms with Gasteiger partial charge in [-0.15, -0.1) is 0 Å². The lowest BCUT2D eigenvalue weighted by molar-refractivity contribution is -0.123. The summed E-state index contributed by atoms with van der Waals surface area (Å²) in [7, 11) is 1.48. The van der Waals surface area contributed by atoms with Crippen molar-refractivity contribution in [1.29, 1.82) is 0 Å². The van der Waals surface area contributed by atoms with Gasteiger partial charge in [-0.25, -0.2) is 0 Å². The smallest absolute Gasteiger partial charge is 0.293 e. The van der Waals surface area contributed by atoms with E-state index in [-0.39, 0.29) is 30.2 Å². The van der Waals surface area contributed by atoms with Gasteiger partial charge in [0.25, 0.3) is 17.1 Å². The second kappa shape index (κ2) is 12.1. The number of aryl methyl sites for hydroxylation is 2. The van der Waals surface area contributed by atoms with Gasteiger partial charge in [0, 0.05) is 9.50 Å². The van der Waals surface area contributed by atoms with Crippen LogP contribution in [0.3, 0.4) is 0 Å². The van der Waals surface area contributed by atoms with Crippen LogP contribution in [0.4, 0.5) is 10.5 Å². The van der Waals surface area contributed by atoms with Gasteiger partial charge in [-0.05, 0) is 106 Å². The summed E-state index contributed by atoms with van der Waals surface area (Å²) in [6.45, 7) is 3.88. The highest BCUT2D eigenvalue weighted by Crippen LogP contribution is 2.35. The number of benzene rings is 3. The fraction of sp³-hybridized carbons (Fsp3) is 0.179. The topological polar surface area (TPSA) is 84.9 Å². The van der Waals surface area contributed by atoms with Crippen LogP contribution < -0.4 is 14.8 Å². The Bertz CT molecular complexity index is 1460. The quantitative estimate of drug-likeness (QED) is 0.275. The molecule has 1 N–H and O–H groups in total. The average molecular weight is 616 g/mol. The summed E-state index contributed by atoms with van der Waals surface area (Å²) in [5.41, 5.74) is 4.24. The van der Waals surface area contributed by atoms with Gasteiger partial charge in [0.1, 0.15) is 0 Å². The highest BCUT2D eigenvalue weighted by atomic mass is 79.9. The van der Waals surface area contributed by atoms with E-state index in [9.17, 15) is 14.4 Å². The van der Waals surface area contributed by atoms with Crippen LogP contribution in [0.15, 0.2) is 64.0 Å². The van der Waals surface area contributed by atoms with Crippen molar-refractivity contribution in [2.45, 2.75) is 20.4 Å². The van der Waals surface area contributed by atoms with Gasteiger partial charge >= 0.3 is 0 Å². The number of anilines is 1. The Morgan fingerprint density at radius 2 is 1.84 bits per heavy atom. The lowest BCUT2D eigenvalue weighted by Gasteiger charge is -2.13. The van der Waals surface area contributed by atoms with Crippen molar-refractivity contribution in [3.05, 3.63) is 91.3 Å². The lowest BCUT2D eigenvalue weighted by atomic mass is 10.1. The molecule has 3 aromatic carbocycles. The van der Waals surface area contributed by atoms with Crippen LogP contribution in [0.25, 0.3) is 6.08 Å². The first kappa shape index (κ1) is 27.8. The normalized spacial score (nSPS) is 14.2. The summed E-state index contributed by atoms with van der Waals surface area (Å²) in [4.78, 5) is 39.4. The predicted octanol–water partition coefficient (Wildman–Crippen LogP) is 6.98. The summed E-state index contributed by atoms with van der Waals surface area (Å²) >= 11 is 10.4. The zero-order valence-electron chi connectivity index (χ0n) is 20.8. The third kappa shape index (κ3) is 6.59. The molecule has 3 aromatic rings. The number of nitrogens with one attached hydrogen (secondary N) is 1. The predicted molar refractivity (Wildman–Crippen MR) is 154 cm³/mol. The van der Waals surface area contributed by atoms with Crippen LogP contribution in [0.2, 0.25) is 5.02 Å². The monoisotopic (exact) mass is 614 g/mol. The molecular weight excluding hydrogens is 592 g/mol. The number of thioether (sulfide) groups is 1. The number of ether oxygens (including phenoxy) is 2. The Morgan fingerprint density at radius 3 is 2.58 bits per heavy atom. The third-order valence-corrected chi connectivity index (χ3v) is 7.60. The van der Waals surface area contributed by atoms with Crippen molar-refractivity contribution in [3.8, 4) is 11.5 Å². The molecule has 38 heavy (non-hydrogen) atoms. The van der Waals surface area contributed by atoms with E-state index in [4.69, 9.17) is 21.1 Å². The molecule has 10 heteroatoms. The molecule has 0 bridgehead atoms. The van der Waals surface area contributed by atoms with E-state index in [2.05, 4.69) is 21.2 Å². The maximum absolute atomic E-state index is 12.9. The molecule has 0 atom stereocenters. The van der Waals surface area contributed by atoms with Gasteiger partial charge in [0.2, 0.25) is 0 Å². The SMILES string of the molecule is COc1cc(/C=C2\SC(=O)N(Cc3cccc(Cl)c3)C2=O)ccc1OCC(=O)Nc1cc(C)c(C)cc1Br. The van der Waals surface area contributed by atoms with E-state index in [1.54, 1.807) is 42.5 Å². The minimum atomic E-state index is -0.381. The molecule has 1 saturated heterocycles. The van der Waals surface area contributed by atoms with Gasteiger partial charge in [-0.2, -0.15) is 0 Å². The second-order valence-electron chi connectivity index (χ2n) is 8.56. The van der Waals surface area contributed by atoms with Gasteiger partial charge in [-0.1, -0.05) is 29.8 Å². The summed E-state index contributed by atoms with van der Waals surface area (Å²) in [6, 6.07) is 15.9. The standard InChI is InChI=1S/C28H24BrClN2O5S/c1-16-9-21(29)22(10-17(16)2)31-26(33)15-37-23-8-7-18(12-24(23)36-3)13-25-27(34)32(28(35)38-25)14-19-5-4-6-20(30)11-19/h4-13H,14-15H2,1-3H3,(H,31,33)/b25-13-. The molecule has 0 radical (unpaired) electrons. The number of methoxy groups -OCH3 is 1. The molecule has 4 rings (SSSR count). The van der Waals surface area contributed by atoms with E-state index in [0.717, 1.165) is 32.9 Å². The Balaban J connectivity index is 1.42. The minimum absolute atomic E-state index is 0.138. The first-order valence-electron chi connectivity index (χ1n) is 11.5. The number of amides is 3. The molecule has 1 heterocycles. The Hall–Kier alpha value is -3.27. The number of hydrogen-bond donors (Lipinski definition) is 1. The highest BCUT2D eigenvalue weighted by Gasteiger charge is 2.35. The molecule has 0 aliphatic carbocycles. The Labute approximate surface area is 238 Å². The fourth-order valence-electron chi connectivity index (χ4n) is 3.71. The molecule has 0 aromatic heterocycles. The summed E-state index contributed by atoms with van der Waals surface area (Å²) in [5, 5.41) is 3.02. The van der Waals surface area contributed by atoms with Gasteiger partial charge < -0.3 is 14.8 Å². The van der Waals surface area contributed by atoms with Crippen LogP contribution in [0.1, 0.15) is 22.3 Å². The summed E-state index contributed by atoms with van der Waals surface area (Å²) < 4.78 is 11.9. The van der Waals surface area contributed by atoms with Crippen LogP contribution >= 0.6 is 39.3 Å². The number of nitrogens with zero attached hydrogens (tertiary/aromatic N) is 1. The van der Waals surface area contributed by atoms with E-state index in [1.807, 2.05) is 32.0 Å². The van der Waals surface area contributed by atoms with Crippen molar-refractivity contribution in [2.75, 3.05) is 19.0 Å². The zero-order chi connectivity index (χ0) is 27.4. The molecule has 7 nitrogen and oxygen atoms in total. The van der Waals surface area contributed by atoms with Gasteiger partial charge in [0.15, 0.2) is 18.1 Å². The maximum atomic E-state index is 12.9. The molecule has 1 aliphatic heterocycles. The number of carbonyl (C=O) groups excluding carboxylic acids is 3. The van der Waals surface area contributed by atoms with Gasteiger partial charge in [0.05, 0.1) is 24.2 Å². The van der Waals surface area contributed by atoms with E-state index >= 15 is 0 Å². The van der Waals surface area contributed by atoms with Crippen molar-refractivity contribution < 1.29 is 23.9 Å². The molecule has 1 aliphatic rings. The minimum Gasteiger partial charge on any atom is -0.493 e. The molecule has 0 spiro atoms. The number of halogens is 2. The third-order valence-electron chi connectivity index (χ3n) is 5.80.